The smallest absolute Gasteiger partial charge is 0.487 e. The summed E-state index contributed by atoms with van der Waals surface area (Å²) in [6.45, 7) is 3.09. The lowest BCUT2D eigenvalue weighted by molar-refractivity contribution is -0.385. The largest absolute Gasteiger partial charge is 0.573 e. The number of nitrogens with one attached hydrogen (secondary N) is 1. The fourth-order valence-corrected chi connectivity index (χ4v) is 2.33. The fraction of sp³-hybridized carbons (Fsp3) is 0.263. The average Bonchev–Trinajstić information content (AvgIpc) is 2.68. The SMILES string of the molecule is CCOc1ccc(C(=O)OC(C)C(=O)Nc2ccc(OC(F)(F)F)cc2)cc1[N+](=O)[O-]. The maximum atomic E-state index is 12.2. The molecule has 0 aliphatic rings. The molecule has 0 saturated carbocycles. The molecular formula is C19H17F3N2O7. The van der Waals surface area contributed by atoms with Gasteiger partial charge < -0.3 is 19.5 Å². The molecule has 0 bridgehead atoms. The molecule has 31 heavy (non-hydrogen) atoms. The molecule has 0 spiro atoms. The van der Waals surface area contributed by atoms with Crippen molar-refractivity contribution in [3.63, 3.8) is 0 Å². The Morgan fingerprint density at radius 3 is 2.35 bits per heavy atom. The first-order valence-electron chi connectivity index (χ1n) is 8.79. The summed E-state index contributed by atoms with van der Waals surface area (Å²) in [6, 6.07) is 7.81. The van der Waals surface area contributed by atoms with Crippen molar-refractivity contribution in [2.45, 2.75) is 26.3 Å². The van der Waals surface area contributed by atoms with Gasteiger partial charge in [0.25, 0.3) is 5.91 Å². The summed E-state index contributed by atoms with van der Waals surface area (Å²) >= 11 is 0. The van der Waals surface area contributed by atoms with Crippen LogP contribution in [0.4, 0.5) is 24.5 Å². The van der Waals surface area contributed by atoms with Crippen molar-refractivity contribution in [1.82, 2.24) is 0 Å². The van der Waals surface area contributed by atoms with E-state index in [0.717, 1.165) is 18.2 Å². The molecule has 1 amide bonds. The van der Waals surface area contributed by atoms with Gasteiger partial charge in [0.05, 0.1) is 17.1 Å². The zero-order valence-electron chi connectivity index (χ0n) is 16.3. The van der Waals surface area contributed by atoms with E-state index in [2.05, 4.69) is 10.1 Å². The highest BCUT2D eigenvalue weighted by molar-refractivity contribution is 5.97. The Balaban J connectivity index is 2.01. The number of halogens is 3. The maximum Gasteiger partial charge on any atom is 0.573 e. The summed E-state index contributed by atoms with van der Waals surface area (Å²) in [4.78, 5) is 34.8. The molecule has 0 aliphatic heterocycles. The number of hydrogen-bond acceptors (Lipinski definition) is 7. The molecular weight excluding hydrogens is 425 g/mol. The minimum Gasteiger partial charge on any atom is -0.487 e. The summed E-state index contributed by atoms with van der Waals surface area (Å²) in [7, 11) is 0. The number of carbonyl (C=O) groups is 2. The van der Waals surface area contributed by atoms with E-state index in [0.29, 0.717) is 0 Å². The second kappa shape index (κ2) is 9.78. The Hall–Kier alpha value is -3.83. The van der Waals surface area contributed by atoms with Gasteiger partial charge in [0.15, 0.2) is 11.9 Å². The van der Waals surface area contributed by atoms with Crippen LogP contribution in [0.15, 0.2) is 42.5 Å². The summed E-state index contributed by atoms with van der Waals surface area (Å²) < 4.78 is 50.3. The van der Waals surface area contributed by atoms with Crippen LogP contribution in [0.3, 0.4) is 0 Å². The van der Waals surface area contributed by atoms with Crippen LogP contribution in [0.25, 0.3) is 0 Å². The van der Waals surface area contributed by atoms with E-state index in [9.17, 15) is 32.9 Å². The van der Waals surface area contributed by atoms with Gasteiger partial charge in [-0.2, -0.15) is 0 Å². The van der Waals surface area contributed by atoms with Crippen molar-refractivity contribution >= 4 is 23.3 Å². The van der Waals surface area contributed by atoms with Crippen LogP contribution < -0.4 is 14.8 Å². The number of rotatable bonds is 8. The number of nitrogens with zero attached hydrogens (tertiary/aromatic N) is 1. The maximum absolute atomic E-state index is 12.2. The zero-order valence-corrected chi connectivity index (χ0v) is 16.3. The van der Waals surface area contributed by atoms with Crippen molar-refractivity contribution in [3.8, 4) is 11.5 Å². The highest BCUT2D eigenvalue weighted by Gasteiger charge is 2.31. The Morgan fingerprint density at radius 1 is 1.16 bits per heavy atom. The van der Waals surface area contributed by atoms with Crippen LogP contribution in [0.5, 0.6) is 11.5 Å². The summed E-state index contributed by atoms with van der Waals surface area (Å²) in [5.41, 5.74) is -0.461. The molecule has 0 aromatic heterocycles. The number of anilines is 1. The third-order valence-electron chi connectivity index (χ3n) is 3.70. The first-order chi connectivity index (χ1) is 14.5. The monoisotopic (exact) mass is 442 g/mol. The quantitative estimate of drug-likeness (QED) is 0.372. The van der Waals surface area contributed by atoms with Crippen LogP contribution in [0, 0.1) is 10.1 Å². The number of nitro groups is 1. The van der Waals surface area contributed by atoms with E-state index in [1.807, 2.05) is 0 Å². The molecule has 2 aromatic carbocycles. The molecule has 9 nitrogen and oxygen atoms in total. The van der Waals surface area contributed by atoms with Gasteiger partial charge in [0, 0.05) is 11.8 Å². The molecule has 166 valence electrons. The third kappa shape index (κ3) is 6.87. The number of alkyl halides is 3. The number of amides is 1. The van der Waals surface area contributed by atoms with Gasteiger partial charge in [0.1, 0.15) is 5.75 Å². The van der Waals surface area contributed by atoms with E-state index in [1.54, 1.807) is 6.92 Å². The average molecular weight is 442 g/mol. The molecule has 0 saturated heterocycles. The zero-order chi connectivity index (χ0) is 23.2. The molecule has 12 heteroatoms. The van der Waals surface area contributed by atoms with E-state index in [4.69, 9.17) is 9.47 Å². The Labute approximate surface area is 173 Å². The summed E-state index contributed by atoms with van der Waals surface area (Å²) in [5.74, 6) is -2.24. The van der Waals surface area contributed by atoms with Crippen LogP contribution in [-0.2, 0) is 9.53 Å². The molecule has 0 fully saturated rings. The standard InChI is InChI=1S/C19H17F3N2O7/c1-3-29-16-9-4-12(10-15(16)24(27)28)18(26)30-11(2)17(25)23-13-5-7-14(8-6-13)31-19(20,21)22/h4-11H,3H2,1-2H3,(H,23,25). The topological polar surface area (TPSA) is 117 Å². The minimum atomic E-state index is -4.84. The van der Waals surface area contributed by atoms with E-state index in [1.165, 1.54) is 31.2 Å². The van der Waals surface area contributed by atoms with Gasteiger partial charge in [-0.1, -0.05) is 0 Å². The van der Waals surface area contributed by atoms with E-state index in [-0.39, 0.29) is 23.6 Å². The lowest BCUT2D eigenvalue weighted by Gasteiger charge is -2.14. The van der Waals surface area contributed by atoms with Crippen LogP contribution >= 0.6 is 0 Å². The van der Waals surface area contributed by atoms with Gasteiger partial charge >= 0.3 is 18.0 Å². The number of benzene rings is 2. The number of hydrogen-bond donors (Lipinski definition) is 1. The van der Waals surface area contributed by atoms with Gasteiger partial charge in [-0.05, 0) is 50.2 Å². The van der Waals surface area contributed by atoms with Crippen LogP contribution in [-0.4, -0.2) is 35.9 Å². The lowest BCUT2D eigenvalue weighted by atomic mass is 10.2. The molecule has 1 atom stereocenters. The highest BCUT2D eigenvalue weighted by Crippen LogP contribution is 2.28. The van der Waals surface area contributed by atoms with Crippen LogP contribution in [0.1, 0.15) is 24.2 Å². The first-order valence-corrected chi connectivity index (χ1v) is 8.79. The molecule has 2 rings (SSSR count). The van der Waals surface area contributed by atoms with Gasteiger partial charge in [-0.3, -0.25) is 14.9 Å². The van der Waals surface area contributed by atoms with Crippen molar-refractivity contribution in [2.75, 3.05) is 11.9 Å². The molecule has 0 radical (unpaired) electrons. The van der Waals surface area contributed by atoms with Crippen molar-refractivity contribution in [2.24, 2.45) is 0 Å². The van der Waals surface area contributed by atoms with Crippen molar-refractivity contribution in [3.05, 3.63) is 58.1 Å². The second-order valence-corrected chi connectivity index (χ2v) is 5.98. The number of nitro benzene ring substituents is 1. The van der Waals surface area contributed by atoms with Crippen molar-refractivity contribution < 1.29 is 41.9 Å². The summed E-state index contributed by atoms with van der Waals surface area (Å²) in [6.07, 6.45) is -6.15. The number of ether oxygens (including phenoxy) is 3. The Bertz CT molecular complexity index is 962. The first kappa shape index (κ1) is 23.4. The van der Waals surface area contributed by atoms with Gasteiger partial charge in [0.2, 0.25) is 0 Å². The van der Waals surface area contributed by atoms with Crippen LogP contribution in [0.2, 0.25) is 0 Å². The lowest BCUT2D eigenvalue weighted by Crippen LogP contribution is -2.30. The Kier molecular flexibility index (Phi) is 7.40. The fourth-order valence-electron chi connectivity index (χ4n) is 2.33. The second-order valence-electron chi connectivity index (χ2n) is 5.98. The molecule has 1 unspecified atom stereocenters. The normalized spacial score (nSPS) is 11.9. The molecule has 0 heterocycles. The van der Waals surface area contributed by atoms with Gasteiger partial charge in [-0.15, -0.1) is 13.2 Å². The highest BCUT2D eigenvalue weighted by atomic mass is 19.4. The van der Waals surface area contributed by atoms with Crippen molar-refractivity contribution in [1.29, 1.82) is 0 Å². The molecule has 2 aromatic rings. The number of carbonyl (C=O) groups excluding carboxylic acids is 2. The number of esters is 1. The third-order valence-corrected chi connectivity index (χ3v) is 3.70. The summed E-state index contributed by atoms with van der Waals surface area (Å²) in [5, 5.41) is 13.5. The van der Waals surface area contributed by atoms with E-state index < -0.39 is 40.7 Å². The predicted octanol–water partition coefficient (Wildman–Crippen LogP) is 4.08. The molecule has 1 N–H and O–H groups in total. The minimum absolute atomic E-state index is 0.0206. The van der Waals surface area contributed by atoms with E-state index >= 15 is 0 Å². The Morgan fingerprint density at radius 2 is 1.81 bits per heavy atom. The predicted molar refractivity (Wildman–Crippen MR) is 101 cm³/mol. The molecule has 0 aliphatic carbocycles. The van der Waals surface area contributed by atoms with Gasteiger partial charge in [-0.25, -0.2) is 4.79 Å².